The number of nitrogens with one attached hydrogen (secondary N) is 3. The van der Waals surface area contributed by atoms with Gasteiger partial charge < -0.3 is 30.0 Å². The summed E-state index contributed by atoms with van der Waals surface area (Å²) in [5, 5.41) is 5.38. The number of amides is 3. The number of allylic oxidation sites excluding steroid dienone is 1. The minimum absolute atomic E-state index is 0.0480. The van der Waals surface area contributed by atoms with Crippen molar-refractivity contribution in [2.45, 2.75) is 100 Å². The zero-order chi connectivity index (χ0) is 40.8. The first-order valence-electron chi connectivity index (χ1n) is 19.6. The van der Waals surface area contributed by atoms with E-state index in [1.165, 1.54) is 14.2 Å². The molecule has 1 saturated heterocycles. The van der Waals surface area contributed by atoms with Crippen molar-refractivity contribution < 1.29 is 37.1 Å². The number of hydrogen-bond acceptors (Lipinski definition) is 10. The van der Waals surface area contributed by atoms with Crippen molar-refractivity contribution in [3.8, 4) is 22.4 Å². The lowest BCUT2D eigenvalue weighted by molar-refractivity contribution is -0.134. The van der Waals surface area contributed by atoms with Crippen LogP contribution < -0.4 is 10.6 Å². The normalized spacial score (nSPS) is 21.8. The maximum absolute atomic E-state index is 14.2. The largest absolute Gasteiger partial charge is 0.453 e. The second-order valence-corrected chi connectivity index (χ2v) is 17.9. The van der Waals surface area contributed by atoms with Gasteiger partial charge in [-0.05, 0) is 60.8 Å². The second kappa shape index (κ2) is 15.9. The van der Waals surface area contributed by atoms with Gasteiger partial charge in [-0.1, -0.05) is 58.4 Å². The second-order valence-electron chi connectivity index (χ2n) is 16.0. The Balaban J connectivity index is 1.06. The Bertz CT molecular complexity index is 2280. The number of carbonyl (C=O) groups is 4. The fourth-order valence-corrected chi connectivity index (χ4v) is 10.5. The Morgan fingerprint density at radius 1 is 0.842 bits per heavy atom. The number of hydrogen-bond donors (Lipinski definition) is 3. The number of alkyl carbamates (subject to hydrolysis) is 2. The van der Waals surface area contributed by atoms with Gasteiger partial charge in [0, 0.05) is 53.4 Å². The van der Waals surface area contributed by atoms with Gasteiger partial charge in [0.25, 0.3) is 0 Å². The third-order valence-electron chi connectivity index (χ3n) is 11.8. The summed E-state index contributed by atoms with van der Waals surface area (Å²) >= 11 is 0. The molecule has 5 atom stereocenters. The summed E-state index contributed by atoms with van der Waals surface area (Å²) in [5.41, 5.74) is 4.99. The highest BCUT2D eigenvalue weighted by atomic mass is 32.2. The Kier molecular flexibility index (Phi) is 11.1. The van der Waals surface area contributed by atoms with Crippen molar-refractivity contribution in [1.82, 2.24) is 25.5 Å². The number of benzene rings is 2. The molecular weight excluding hydrogens is 749 g/mol. The highest BCUT2D eigenvalue weighted by Gasteiger charge is 2.42. The molecule has 7 rings (SSSR count). The molecule has 1 saturated carbocycles. The van der Waals surface area contributed by atoms with Crippen molar-refractivity contribution in [3.63, 3.8) is 0 Å². The number of sulfone groups is 1. The van der Waals surface area contributed by atoms with Crippen LogP contribution in [-0.4, -0.2) is 91.8 Å². The third-order valence-corrected chi connectivity index (χ3v) is 13.7. The molecule has 0 spiro atoms. The van der Waals surface area contributed by atoms with E-state index in [1.54, 1.807) is 29.4 Å². The Morgan fingerprint density at radius 3 is 2.12 bits per heavy atom. The van der Waals surface area contributed by atoms with Gasteiger partial charge in [0.15, 0.2) is 5.78 Å². The number of aliphatic imine (C=N–C) groups is 1. The molecule has 2 unspecified atom stereocenters. The van der Waals surface area contributed by atoms with Crippen LogP contribution in [0, 0.1) is 17.8 Å². The van der Waals surface area contributed by atoms with Crippen molar-refractivity contribution in [1.29, 1.82) is 0 Å². The summed E-state index contributed by atoms with van der Waals surface area (Å²) in [6.07, 6.45) is 6.44. The van der Waals surface area contributed by atoms with Crippen molar-refractivity contribution in [2.24, 2.45) is 22.7 Å². The lowest BCUT2D eigenvalue weighted by Crippen LogP contribution is -2.53. The van der Waals surface area contributed by atoms with Gasteiger partial charge in [-0.3, -0.25) is 14.6 Å². The number of rotatable bonds is 11. The number of likely N-dealkylation sites (tertiary alicyclic amines) is 1. The van der Waals surface area contributed by atoms with Gasteiger partial charge in [-0.2, -0.15) is 0 Å². The lowest BCUT2D eigenvalue weighted by Gasteiger charge is -2.31. The molecule has 15 heteroatoms. The first-order chi connectivity index (χ1) is 27.2. The molecule has 3 aromatic rings. The van der Waals surface area contributed by atoms with E-state index in [1.807, 2.05) is 52.0 Å². The Morgan fingerprint density at radius 2 is 1.47 bits per heavy atom. The van der Waals surface area contributed by atoms with E-state index >= 15 is 0 Å². The molecule has 2 fully saturated rings. The average Bonchev–Trinajstić information content (AvgIpc) is 4.05. The first-order valence-corrected chi connectivity index (χ1v) is 21.1. The van der Waals surface area contributed by atoms with Crippen LogP contribution in [0.1, 0.15) is 83.5 Å². The zero-order valence-corrected chi connectivity index (χ0v) is 33.9. The lowest BCUT2D eigenvalue weighted by atomic mass is 9.84. The molecule has 14 nitrogen and oxygen atoms in total. The zero-order valence-electron chi connectivity index (χ0n) is 33.1. The highest BCUT2D eigenvalue weighted by molar-refractivity contribution is 7.92. The van der Waals surface area contributed by atoms with Crippen molar-refractivity contribution in [3.05, 3.63) is 60.2 Å². The van der Waals surface area contributed by atoms with Crippen LogP contribution in [0.25, 0.3) is 28.0 Å². The van der Waals surface area contributed by atoms with Crippen molar-refractivity contribution in [2.75, 3.05) is 20.8 Å². The summed E-state index contributed by atoms with van der Waals surface area (Å²) in [6.45, 7) is 8.08. The molecule has 4 heterocycles. The minimum Gasteiger partial charge on any atom is -0.453 e. The molecule has 1 aliphatic carbocycles. The van der Waals surface area contributed by atoms with Crippen LogP contribution in [0.5, 0.6) is 0 Å². The summed E-state index contributed by atoms with van der Waals surface area (Å²) in [6, 6.07) is 9.20. The summed E-state index contributed by atoms with van der Waals surface area (Å²) < 4.78 is 37.8. The molecule has 0 bridgehead atoms. The summed E-state index contributed by atoms with van der Waals surface area (Å²) in [7, 11) is -1.33. The number of aromatic nitrogens is 2. The third kappa shape index (κ3) is 7.49. The summed E-state index contributed by atoms with van der Waals surface area (Å²) in [5.74, 6) is -0.336. The maximum atomic E-state index is 14.2. The first kappa shape index (κ1) is 39.9. The molecule has 3 amide bonds. The topological polar surface area (TPSA) is 189 Å². The number of H-pyrrole nitrogens is 1. The molecule has 4 aliphatic rings. The van der Waals surface area contributed by atoms with E-state index in [0.717, 1.165) is 42.5 Å². The number of methoxy groups -OCH3 is 2. The number of fused-ring (bicyclic) bond motifs is 3. The number of aromatic amines is 1. The number of nitrogens with zero attached hydrogens (tertiary/aromatic N) is 3. The minimum atomic E-state index is -3.87. The molecule has 2 aromatic carbocycles. The predicted molar refractivity (Wildman–Crippen MR) is 213 cm³/mol. The molecule has 57 heavy (non-hydrogen) atoms. The fourth-order valence-electron chi connectivity index (χ4n) is 8.79. The van der Waals surface area contributed by atoms with Gasteiger partial charge in [0.05, 0.1) is 48.0 Å². The molecule has 3 N–H and O–H groups in total. The van der Waals surface area contributed by atoms with Crippen LogP contribution in [0.4, 0.5) is 9.59 Å². The van der Waals surface area contributed by atoms with Crippen LogP contribution in [0.15, 0.2) is 63.6 Å². The fraction of sp³-hybridized carbons (Fsp3) is 0.476. The van der Waals surface area contributed by atoms with E-state index in [4.69, 9.17) is 14.5 Å². The molecule has 0 radical (unpaired) electrons. The predicted octanol–water partition coefficient (Wildman–Crippen LogP) is 6.28. The van der Waals surface area contributed by atoms with Gasteiger partial charge in [-0.15, -0.1) is 0 Å². The number of imidazole rings is 1. The Labute approximate surface area is 332 Å². The van der Waals surface area contributed by atoms with Crippen LogP contribution in [0.3, 0.4) is 0 Å². The number of ether oxygens (including phenoxy) is 2. The van der Waals surface area contributed by atoms with Gasteiger partial charge >= 0.3 is 12.2 Å². The van der Waals surface area contributed by atoms with Gasteiger partial charge in [0.1, 0.15) is 11.9 Å². The molecule has 1 aromatic heterocycles. The van der Waals surface area contributed by atoms with E-state index in [9.17, 15) is 27.6 Å². The Hall–Kier alpha value is -5.31. The van der Waals surface area contributed by atoms with Crippen LogP contribution in [0.2, 0.25) is 0 Å². The van der Waals surface area contributed by atoms with Crippen LogP contribution >= 0.6 is 0 Å². The highest BCUT2D eigenvalue weighted by Crippen LogP contribution is 2.46. The van der Waals surface area contributed by atoms with Crippen molar-refractivity contribution >= 4 is 45.0 Å². The average molecular weight is 799 g/mol. The molecular formula is C42H50N6O8S. The van der Waals surface area contributed by atoms with Gasteiger partial charge in [-0.25, -0.2) is 23.0 Å². The molecule has 3 aliphatic heterocycles. The smallest absolute Gasteiger partial charge is 0.407 e. The van der Waals surface area contributed by atoms with Gasteiger partial charge in [0.2, 0.25) is 15.7 Å². The summed E-state index contributed by atoms with van der Waals surface area (Å²) in [4.78, 5) is 66.3. The SMILES string of the molecule is COC(=O)NC(C(=O)N1CCC[C@@H]1C1=NC=C(c2ccc3c(c2)S(=O)(=O)c2cc(-c4cnc([C@H]5CCCC5C(=O)[C@H](NC(=O)OC)C(C)C)[nH]4)ccc2-3)C1)C(C)C. The standard InChI is InChI=1S/C42H50N6O8S/c1-22(2)36(46-41(51)55-5)38(49)29-9-7-10-30(29)39-44-21-32(45-39)25-13-15-28-27-14-12-24(18-34(27)57(53,54)35(28)19-25)26-17-31(43-20-26)33-11-8-16-48(33)40(50)37(23(3)4)47-42(52)56-6/h12-15,18-23,29-30,33,36-37H,7-11,16-17H2,1-6H3,(H,44,45)(H,46,51)(H,47,52)/t29?,30-,33+,36+,37?/m0/s1. The van der Waals surface area contributed by atoms with Crippen LogP contribution in [-0.2, 0) is 28.9 Å². The number of Topliss-reactive ketones (excluding diaryl/α,β-unsaturated/α-hetero) is 1. The van der Waals surface area contributed by atoms with E-state index < -0.39 is 34.1 Å². The van der Waals surface area contributed by atoms with E-state index in [0.29, 0.717) is 47.6 Å². The number of carbonyl (C=O) groups excluding carboxylic acids is 4. The monoisotopic (exact) mass is 798 g/mol. The molecule has 302 valence electrons. The number of ketones is 1. The maximum Gasteiger partial charge on any atom is 0.407 e. The van der Waals surface area contributed by atoms with E-state index in [-0.39, 0.29) is 51.2 Å². The quantitative estimate of drug-likeness (QED) is 0.157. The van der Waals surface area contributed by atoms with E-state index in [2.05, 4.69) is 20.6 Å².